The number of benzene rings is 1. The van der Waals surface area contributed by atoms with Crippen LogP contribution in [0, 0.1) is 0 Å². The number of hydrogen-bond donors (Lipinski definition) is 1. The number of likely N-dealkylation sites (tertiary alicyclic amines) is 1. The molecule has 0 spiro atoms. The van der Waals surface area contributed by atoms with Crippen molar-refractivity contribution < 1.29 is 23.8 Å². The zero-order valence-electron chi connectivity index (χ0n) is 24.2. The van der Waals surface area contributed by atoms with Gasteiger partial charge in [-0.05, 0) is 25.5 Å². The van der Waals surface area contributed by atoms with E-state index in [0.29, 0.717) is 61.9 Å². The summed E-state index contributed by atoms with van der Waals surface area (Å²) in [5.74, 6) is 0.142. The van der Waals surface area contributed by atoms with Gasteiger partial charge in [-0.1, -0.05) is 50.0 Å². The Morgan fingerprint density at radius 2 is 1.95 bits per heavy atom. The van der Waals surface area contributed by atoms with Crippen molar-refractivity contribution in [3.8, 4) is 5.88 Å². The summed E-state index contributed by atoms with van der Waals surface area (Å²) >= 11 is 0. The summed E-state index contributed by atoms with van der Waals surface area (Å²) in [5, 5.41) is 2.85. The molecule has 1 aliphatic rings. The molecule has 1 fully saturated rings. The van der Waals surface area contributed by atoms with E-state index in [2.05, 4.69) is 34.9 Å². The Morgan fingerprint density at radius 1 is 1.18 bits per heavy atom. The molecule has 40 heavy (non-hydrogen) atoms. The lowest BCUT2D eigenvalue weighted by Crippen LogP contribution is -2.47. The highest BCUT2D eigenvalue weighted by Gasteiger charge is 2.31. The van der Waals surface area contributed by atoms with Crippen LogP contribution in [0.15, 0.2) is 42.7 Å². The molecule has 3 heterocycles. The van der Waals surface area contributed by atoms with E-state index in [1.807, 2.05) is 48.7 Å². The second kappa shape index (κ2) is 13.3. The summed E-state index contributed by atoms with van der Waals surface area (Å²) in [6, 6.07) is 10.6. The number of rotatable bonds is 11. The van der Waals surface area contributed by atoms with Crippen LogP contribution in [0.4, 0.5) is 4.79 Å². The minimum atomic E-state index is -1.21. The number of aromatic nitrogens is 3. The minimum Gasteiger partial charge on any atom is -0.473 e. The van der Waals surface area contributed by atoms with Gasteiger partial charge in [0.05, 0.1) is 11.8 Å². The maximum absolute atomic E-state index is 12.8. The Bertz CT molecular complexity index is 1290. The van der Waals surface area contributed by atoms with Gasteiger partial charge in [-0.2, -0.15) is 0 Å². The van der Waals surface area contributed by atoms with Crippen LogP contribution in [0.5, 0.6) is 5.88 Å². The van der Waals surface area contributed by atoms with Crippen LogP contribution in [-0.4, -0.2) is 71.4 Å². The average Bonchev–Trinajstić information content (AvgIpc) is 3.28. The second-order valence-corrected chi connectivity index (χ2v) is 17.1. The van der Waals surface area contributed by atoms with Crippen molar-refractivity contribution in [3.05, 3.63) is 53.9 Å². The fraction of sp³-hybridized carbons (Fsp3) is 0.517. The fourth-order valence-electron chi connectivity index (χ4n) is 4.63. The van der Waals surface area contributed by atoms with Gasteiger partial charge in [-0.25, -0.2) is 14.8 Å². The number of fused-ring (bicyclic) bond motifs is 1. The number of carbonyl (C=O) groups is 2. The molecule has 4 rings (SSSR count). The molecule has 216 valence electrons. The maximum atomic E-state index is 12.8. The average molecular weight is 568 g/mol. The molecule has 0 saturated carbocycles. The number of amides is 2. The van der Waals surface area contributed by atoms with Crippen molar-refractivity contribution in [1.29, 1.82) is 0 Å². The number of carbonyl (C=O) groups excluding carboxylic acids is 2. The zero-order chi connectivity index (χ0) is 28.7. The number of nitrogens with one attached hydrogen (secondary N) is 1. The van der Waals surface area contributed by atoms with E-state index in [1.165, 1.54) is 0 Å². The van der Waals surface area contributed by atoms with Crippen LogP contribution in [0.2, 0.25) is 25.7 Å². The minimum absolute atomic E-state index is 0.0565. The lowest BCUT2D eigenvalue weighted by Gasteiger charge is -2.36. The van der Waals surface area contributed by atoms with Crippen LogP contribution in [-0.2, 0) is 22.8 Å². The summed E-state index contributed by atoms with van der Waals surface area (Å²) in [5.41, 5.74) is 2.45. The molecule has 3 aromatic rings. The molecular formula is C29H41N5O5Si. The first-order valence-corrected chi connectivity index (χ1v) is 17.7. The Kier molecular flexibility index (Phi) is 9.80. The number of ether oxygens (including phenoxy) is 3. The smallest absolute Gasteiger partial charge is 0.410 e. The van der Waals surface area contributed by atoms with E-state index >= 15 is 0 Å². The number of hydrogen-bond acceptors (Lipinski definition) is 7. The lowest BCUT2D eigenvalue weighted by molar-refractivity contribution is 0.0386. The van der Waals surface area contributed by atoms with Crippen molar-refractivity contribution in [2.24, 2.45) is 0 Å². The van der Waals surface area contributed by atoms with Gasteiger partial charge in [0.25, 0.3) is 5.91 Å². The normalized spacial score (nSPS) is 17.6. The molecule has 0 unspecified atom stereocenters. The quantitative estimate of drug-likeness (QED) is 0.255. The molecular weight excluding hydrogens is 526 g/mol. The van der Waals surface area contributed by atoms with Crippen molar-refractivity contribution in [3.63, 3.8) is 0 Å². The van der Waals surface area contributed by atoms with Gasteiger partial charge >= 0.3 is 6.09 Å². The van der Waals surface area contributed by atoms with E-state index in [-0.39, 0.29) is 30.8 Å². The van der Waals surface area contributed by atoms with Gasteiger partial charge < -0.3 is 29.0 Å². The number of nitrogens with zero attached hydrogens (tertiary/aromatic N) is 4. The first-order valence-electron chi connectivity index (χ1n) is 14.0. The van der Waals surface area contributed by atoms with E-state index in [4.69, 9.17) is 14.2 Å². The van der Waals surface area contributed by atoms with Crippen LogP contribution < -0.4 is 10.1 Å². The molecule has 0 bridgehead atoms. The summed E-state index contributed by atoms with van der Waals surface area (Å²) in [6.07, 6.45) is 4.15. The van der Waals surface area contributed by atoms with Gasteiger partial charge in [0.1, 0.15) is 25.0 Å². The predicted octanol–water partition coefficient (Wildman–Crippen LogP) is 5.06. The Balaban J connectivity index is 1.40. The van der Waals surface area contributed by atoms with E-state index in [0.717, 1.165) is 11.6 Å². The molecule has 1 saturated heterocycles. The van der Waals surface area contributed by atoms with Crippen LogP contribution in [0.1, 0.15) is 42.6 Å². The van der Waals surface area contributed by atoms with Crippen LogP contribution >= 0.6 is 0 Å². The van der Waals surface area contributed by atoms with E-state index < -0.39 is 8.07 Å². The highest BCUT2D eigenvalue weighted by Crippen LogP contribution is 2.25. The Labute approximate surface area is 237 Å². The standard InChI is InChI=1S/C29H41N5O5Si/c1-6-30-28(35)24-18-33(20-37-14-15-40(3,4)5)27-26(24)32-25(17-31-27)39-23-12-13-34(21(2)16-23)29(36)38-19-22-10-8-7-9-11-22/h7-11,17-18,21,23H,6,12-16,19-20H2,1-5H3,(H,30,35)/t21-,23+/m1/s1. The molecule has 2 aromatic heterocycles. The first kappa shape index (κ1) is 29.5. The Hall–Kier alpha value is -3.44. The predicted molar refractivity (Wildman–Crippen MR) is 156 cm³/mol. The summed E-state index contributed by atoms with van der Waals surface area (Å²) in [4.78, 5) is 36.5. The van der Waals surface area contributed by atoms with Crippen LogP contribution in [0.3, 0.4) is 0 Å². The SMILES string of the molecule is CCNC(=O)c1cn(COCC[Si](C)(C)C)c2ncc(O[C@H]3CCN(C(=O)OCc4ccccc4)[C@H](C)C3)nc12. The molecule has 1 N–H and O–H groups in total. The fourth-order valence-corrected chi connectivity index (χ4v) is 5.39. The van der Waals surface area contributed by atoms with Gasteiger partial charge in [0.2, 0.25) is 5.88 Å². The monoisotopic (exact) mass is 567 g/mol. The van der Waals surface area contributed by atoms with Crippen molar-refractivity contribution in [2.45, 2.75) is 77.9 Å². The molecule has 1 aliphatic heterocycles. The van der Waals surface area contributed by atoms with Crippen molar-refractivity contribution >= 4 is 31.2 Å². The lowest BCUT2D eigenvalue weighted by atomic mass is 10.0. The maximum Gasteiger partial charge on any atom is 0.410 e. The molecule has 0 aliphatic carbocycles. The van der Waals surface area contributed by atoms with Gasteiger partial charge in [-0.3, -0.25) is 4.79 Å². The third-order valence-corrected chi connectivity index (χ3v) is 8.61. The largest absolute Gasteiger partial charge is 0.473 e. The molecule has 11 heteroatoms. The molecule has 2 atom stereocenters. The summed E-state index contributed by atoms with van der Waals surface area (Å²) in [6.45, 7) is 13.0. The summed E-state index contributed by atoms with van der Waals surface area (Å²) < 4.78 is 19.5. The first-order chi connectivity index (χ1) is 19.1. The second-order valence-electron chi connectivity index (χ2n) is 11.4. The third kappa shape index (κ3) is 7.82. The highest BCUT2D eigenvalue weighted by molar-refractivity contribution is 6.76. The zero-order valence-corrected chi connectivity index (χ0v) is 25.2. The third-order valence-electron chi connectivity index (χ3n) is 6.91. The van der Waals surface area contributed by atoms with Gasteiger partial charge in [0.15, 0.2) is 5.65 Å². The van der Waals surface area contributed by atoms with Gasteiger partial charge in [0, 0.05) is 52.9 Å². The molecule has 0 radical (unpaired) electrons. The van der Waals surface area contributed by atoms with Crippen LogP contribution in [0.25, 0.3) is 11.2 Å². The Morgan fingerprint density at radius 3 is 2.65 bits per heavy atom. The van der Waals surface area contributed by atoms with Gasteiger partial charge in [-0.15, -0.1) is 0 Å². The molecule has 1 aromatic carbocycles. The number of piperidine rings is 1. The topological polar surface area (TPSA) is 108 Å². The van der Waals surface area contributed by atoms with Crippen molar-refractivity contribution in [2.75, 3.05) is 19.7 Å². The summed E-state index contributed by atoms with van der Waals surface area (Å²) in [7, 11) is -1.21. The molecule has 2 amide bonds. The van der Waals surface area contributed by atoms with E-state index in [9.17, 15) is 9.59 Å². The van der Waals surface area contributed by atoms with E-state index in [1.54, 1.807) is 17.3 Å². The molecule has 10 nitrogen and oxygen atoms in total. The highest BCUT2D eigenvalue weighted by atomic mass is 28.3. The van der Waals surface area contributed by atoms with Crippen molar-refractivity contribution in [1.82, 2.24) is 24.8 Å².